The first kappa shape index (κ1) is 21.1. The zero-order valence-electron chi connectivity index (χ0n) is 17.8. The number of nitrogens with zero attached hydrogens (tertiary/aromatic N) is 2. The van der Waals surface area contributed by atoms with E-state index < -0.39 is 29.7 Å². The summed E-state index contributed by atoms with van der Waals surface area (Å²) in [5.41, 5.74) is 2.93. The molecule has 0 saturated carbocycles. The average Bonchev–Trinajstić information content (AvgIpc) is 3.31. The van der Waals surface area contributed by atoms with Crippen LogP contribution in [0.1, 0.15) is 62.9 Å². The highest BCUT2D eigenvalue weighted by atomic mass is 16.4. The first-order valence-corrected chi connectivity index (χ1v) is 11.0. The largest absolute Gasteiger partial charge is 0.481 e. The number of carbonyl (C=O) groups excluding carboxylic acids is 2. The molecule has 2 atom stereocenters. The molecule has 2 aromatic carbocycles. The number of imide groups is 1. The second kappa shape index (κ2) is 8.27. The summed E-state index contributed by atoms with van der Waals surface area (Å²) in [7, 11) is 0. The molecule has 1 aliphatic heterocycles. The van der Waals surface area contributed by atoms with E-state index in [2.05, 4.69) is 5.18 Å². The zero-order valence-corrected chi connectivity index (χ0v) is 17.8. The topological polar surface area (TPSA) is 117 Å². The Balaban J connectivity index is 1.38. The third-order valence-corrected chi connectivity index (χ3v) is 6.63. The number of hydrogen-bond donors (Lipinski definition) is 1. The maximum absolute atomic E-state index is 12.6. The molecule has 3 aromatic rings. The number of benzene rings is 2. The van der Waals surface area contributed by atoms with Gasteiger partial charge in [-0.1, -0.05) is 29.4 Å². The quantitative estimate of drug-likeness (QED) is 0.422. The molecule has 2 unspecified atom stereocenters. The van der Waals surface area contributed by atoms with Crippen molar-refractivity contribution < 1.29 is 23.9 Å². The molecule has 2 heterocycles. The minimum atomic E-state index is -1.20. The number of carboxylic acid groups (broad SMARTS) is 1. The Hall–Kier alpha value is -3.81. The number of carboxylic acids is 1. The molecule has 0 radical (unpaired) electrons. The summed E-state index contributed by atoms with van der Waals surface area (Å²) in [4.78, 5) is 49.9. The van der Waals surface area contributed by atoms with Gasteiger partial charge < -0.3 is 9.52 Å². The number of fused-ring (bicyclic) bond motifs is 4. The van der Waals surface area contributed by atoms with Crippen molar-refractivity contribution in [1.82, 2.24) is 4.90 Å². The molecule has 168 valence electrons. The summed E-state index contributed by atoms with van der Waals surface area (Å²) in [6.45, 7) is -0.328. The lowest BCUT2D eigenvalue weighted by Crippen LogP contribution is -2.37. The summed E-state index contributed by atoms with van der Waals surface area (Å²) in [6, 6.07) is 10.9. The first-order valence-electron chi connectivity index (χ1n) is 11.0. The van der Waals surface area contributed by atoms with Crippen LogP contribution in [0.5, 0.6) is 0 Å². The van der Waals surface area contributed by atoms with Crippen LogP contribution < -0.4 is 0 Å². The first-order chi connectivity index (χ1) is 16.0. The van der Waals surface area contributed by atoms with E-state index in [4.69, 9.17) is 4.42 Å². The Labute approximate surface area is 189 Å². The van der Waals surface area contributed by atoms with E-state index in [9.17, 15) is 24.4 Å². The molecule has 2 amide bonds. The normalized spacial score (nSPS) is 17.0. The lowest BCUT2D eigenvalue weighted by molar-refractivity contribution is -0.142. The standard InChI is InChI=1S/C25H22N2O6/c28-23-18-6-1-2-7-19(18)24(29)27(23)13-15(25(30)31)11-20(26-32)14-9-10-17-16-5-3-4-8-21(16)33-22(17)12-14/h1-2,6-7,9-10,12,15,20H,3-5,8,11,13H2,(H,30,31). The fourth-order valence-corrected chi connectivity index (χ4v) is 4.88. The summed E-state index contributed by atoms with van der Waals surface area (Å²) < 4.78 is 5.99. The van der Waals surface area contributed by atoms with Crippen LogP contribution >= 0.6 is 0 Å². The van der Waals surface area contributed by atoms with Crippen molar-refractivity contribution in [1.29, 1.82) is 0 Å². The predicted molar refractivity (Wildman–Crippen MR) is 119 cm³/mol. The smallest absolute Gasteiger partial charge is 0.308 e. The number of carbonyl (C=O) groups is 3. The van der Waals surface area contributed by atoms with Gasteiger partial charge in [0.15, 0.2) is 0 Å². The van der Waals surface area contributed by atoms with Gasteiger partial charge in [0.25, 0.3) is 11.8 Å². The number of nitroso groups, excluding NO2 is 1. The molecule has 1 aromatic heterocycles. The minimum Gasteiger partial charge on any atom is -0.481 e. The highest BCUT2D eigenvalue weighted by Gasteiger charge is 2.38. The summed E-state index contributed by atoms with van der Waals surface area (Å²) in [5.74, 6) is -2.43. The van der Waals surface area contributed by atoms with Gasteiger partial charge in [-0.15, -0.1) is 0 Å². The van der Waals surface area contributed by atoms with Crippen molar-refractivity contribution in [3.8, 4) is 0 Å². The summed E-state index contributed by atoms with van der Waals surface area (Å²) >= 11 is 0. The van der Waals surface area contributed by atoms with Crippen LogP contribution in [-0.2, 0) is 17.6 Å². The van der Waals surface area contributed by atoms with E-state index in [1.165, 1.54) is 5.56 Å². The van der Waals surface area contributed by atoms with Crippen molar-refractivity contribution >= 4 is 28.8 Å². The highest BCUT2D eigenvalue weighted by Crippen LogP contribution is 2.35. The number of aliphatic carboxylic acids is 1. The number of aryl methyl sites for hydroxylation is 2. The van der Waals surface area contributed by atoms with E-state index in [1.807, 2.05) is 6.07 Å². The Morgan fingerprint density at radius 2 is 1.76 bits per heavy atom. The molecule has 33 heavy (non-hydrogen) atoms. The molecule has 0 bridgehead atoms. The van der Waals surface area contributed by atoms with Gasteiger partial charge in [0.1, 0.15) is 17.4 Å². The Morgan fingerprint density at radius 1 is 1.06 bits per heavy atom. The second-order valence-corrected chi connectivity index (χ2v) is 8.63. The van der Waals surface area contributed by atoms with E-state index in [-0.39, 0.29) is 24.1 Å². The van der Waals surface area contributed by atoms with Gasteiger partial charge in [0, 0.05) is 23.9 Å². The number of amides is 2. The Morgan fingerprint density at radius 3 is 2.42 bits per heavy atom. The third kappa shape index (κ3) is 3.61. The van der Waals surface area contributed by atoms with Crippen LogP contribution in [0.2, 0.25) is 0 Å². The number of hydrogen-bond acceptors (Lipinski definition) is 6. The van der Waals surface area contributed by atoms with Gasteiger partial charge in [-0.25, -0.2) is 0 Å². The fraction of sp³-hybridized carbons (Fsp3) is 0.320. The Kier molecular flexibility index (Phi) is 5.28. The maximum atomic E-state index is 12.6. The van der Waals surface area contributed by atoms with Gasteiger partial charge in [0.2, 0.25) is 0 Å². The van der Waals surface area contributed by atoms with Crippen molar-refractivity contribution in [3.05, 3.63) is 75.4 Å². The molecule has 8 heteroatoms. The highest BCUT2D eigenvalue weighted by molar-refractivity contribution is 6.21. The lowest BCUT2D eigenvalue weighted by atomic mass is 9.92. The molecule has 0 fully saturated rings. The van der Waals surface area contributed by atoms with Crippen molar-refractivity contribution in [3.63, 3.8) is 0 Å². The second-order valence-electron chi connectivity index (χ2n) is 8.63. The molecule has 2 aliphatic rings. The van der Waals surface area contributed by atoms with Crippen LogP contribution in [0.4, 0.5) is 0 Å². The average molecular weight is 446 g/mol. The molecule has 0 spiro atoms. The van der Waals surface area contributed by atoms with E-state index in [1.54, 1.807) is 36.4 Å². The van der Waals surface area contributed by atoms with Gasteiger partial charge in [-0.3, -0.25) is 19.3 Å². The molecule has 0 saturated heterocycles. The van der Waals surface area contributed by atoms with Gasteiger partial charge in [-0.05, 0) is 49.4 Å². The van der Waals surface area contributed by atoms with E-state index in [0.717, 1.165) is 41.7 Å². The molecular weight excluding hydrogens is 424 g/mol. The molecule has 1 N–H and O–H groups in total. The molecule has 5 rings (SSSR count). The van der Waals surface area contributed by atoms with Crippen LogP contribution in [0.3, 0.4) is 0 Å². The molecule has 8 nitrogen and oxygen atoms in total. The predicted octanol–water partition coefficient (Wildman–Crippen LogP) is 4.51. The van der Waals surface area contributed by atoms with Crippen LogP contribution in [0.15, 0.2) is 52.1 Å². The van der Waals surface area contributed by atoms with Crippen LogP contribution in [0.25, 0.3) is 11.0 Å². The maximum Gasteiger partial charge on any atom is 0.308 e. The minimum absolute atomic E-state index is 0.141. The van der Waals surface area contributed by atoms with E-state index >= 15 is 0 Å². The third-order valence-electron chi connectivity index (χ3n) is 6.63. The van der Waals surface area contributed by atoms with Crippen molar-refractivity contribution in [2.75, 3.05) is 6.54 Å². The van der Waals surface area contributed by atoms with Gasteiger partial charge >= 0.3 is 5.97 Å². The van der Waals surface area contributed by atoms with Crippen LogP contribution in [0, 0.1) is 10.8 Å². The number of furan rings is 1. The number of rotatable bonds is 7. The van der Waals surface area contributed by atoms with Crippen molar-refractivity contribution in [2.24, 2.45) is 11.1 Å². The molecule has 1 aliphatic carbocycles. The molecular formula is C25H22N2O6. The van der Waals surface area contributed by atoms with Crippen LogP contribution in [-0.4, -0.2) is 34.3 Å². The Bertz CT molecular complexity index is 1260. The SMILES string of the molecule is O=NC(CC(CN1C(=O)c2ccccc2C1=O)C(=O)O)c1ccc2c3c(oc2c1)CCCC3. The van der Waals surface area contributed by atoms with Gasteiger partial charge in [-0.2, -0.15) is 4.91 Å². The van der Waals surface area contributed by atoms with Crippen molar-refractivity contribution in [2.45, 2.75) is 38.1 Å². The summed E-state index contributed by atoms with van der Waals surface area (Å²) in [5, 5.41) is 14.0. The summed E-state index contributed by atoms with van der Waals surface area (Å²) in [6.07, 6.45) is 3.89. The zero-order chi connectivity index (χ0) is 23.1. The van der Waals surface area contributed by atoms with E-state index in [0.29, 0.717) is 11.1 Å². The van der Waals surface area contributed by atoms with Gasteiger partial charge in [0.05, 0.1) is 17.0 Å². The lowest BCUT2D eigenvalue weighted by Gasteiger charge is -2.21. The fourth-order valence-electron chi connectivity index (χ4n) is 4.88. The monoisotopic (exact) mass is 446 g/mol.